The largest absolute Gasteiger partial charge is 0.531 e. The molecule has 14 heavy (non-hydrogen) atoms. The summed E-state index contributed by atoms with van der Waals surface area (Å²) in [6.07, 6.45) is 0.259. The highest BCUT2D eigenvalue weighted by Gasteiger charge is 2.40. The van der Waals surface area contributed by atoms with E-state index in [2.05, 4.69) is 4.74 Å². The quantitative estimate of drug-likeness (QED) is 0.508. The zero-order chi connectivity index (χ0) is 10.8. The van der Waals surface area contributed by atoms with Crippen molar-refractivity contribution >= 4 is 12.9 Å². The number of halogens is 3. The monoisotopic (exact) mass is 211 g/mol. The minimum absolute atomic E-state index is 0.296. The van der Waals surface area contributed by atoms with Gasteiger partial charge < -0.3 is 22.6 Å². The number of quaternary nitrogens is 1. The molecule has 0 saturated carbocycles. The van der Waals surface area contributed by atoms with Gasteiger partial charge in [0, 0.05) is 12.8 Å². The lowest BCUT2D eigenvalue weighted by Crippen LogP contribution is -3.16. The number of methoxy groups -OCH3 is 1. The number of esters is 1. The predicted octanol–water partition coefficient (Wildman–Crippen LogP) is -0.407. The van der Waals surface area contributed by atoms with E-state index in [0.717, 1.165) is 0 Å². The summed E-state index contributed by atoms with van der Waals surface area (Å²) in [5, 5.41) is 0. The van der Waals surface area contributed by atoms with Gasteiger partial charge in [0.15, 0.2) is 6.04 Å². The van der Waals surface area contributed by atoms with Crippen molar-refractivity contribution in [2.45, 2.75) is 18.9 Å². The van der Waals surface area contributed by atoms with Crippen LogP contribution >= 0.6 is 0 Å². The molecule has 3 nitrogen and oxygen atoms in total. The first-order valence-electron chi connectivity index (χ1n) is 4.57. The molecule has 1 aliphatic heterocycles. The van der Waals surface area contributed by atoms with Crippen molar-refractivity contribution in [3.63, 3.8) is 0 Å². The molecule has 1 aliphatic rings. The van der Waals surface area contributed by atoms with Crippen LogP contribution in [0.15, 0.2) is 0 Å². The Labute approximate surface area is 80.3 Å². The zero-order valence-corrected chi connectivity index (χ0v) is 7.93. The Balaban J connectivity index is 2.56. The topological polar surface area (TPSA) is 30.7 Å². The van der Waals surface area contributed by atoms with Crippen LogP contribution in [0.2, 0.25) is 0 Å². The van der Waals surface area contributed by atoms with Gasteiger partial charge >= 0.3 is 12.9 Å². The molecular weight excluding hydrogens is 198 g/mol. The van der Waals surface area contributed by atoms with Crippen molar-refractivity contribution < 1.29 is 27.4 Å². The number of nitrogens with one attached hydrogen (secondary N) is 1. The van der Waals surface area contributed by atoms with Gasteiger partial charge in [0.05, 0.1) is 20.1 Å². The van der Waals surface area contributed by atoms with Crippen LogP contribution in [0.3, 0.4) is 0 Å². The van der Waals surface area contributed by atoms with Crippen LogP contribution < -0.4 is 4.90 Å². The molecule has 0 aliphatic carbocycles. The molecule has 1 fully saturated rings. The summed E-state index contributed by atoms with van der Waals surface area (Å²) >= 11 is 0. The number of carbonyl (C=O) groups is 1. The molecule has 1 heterocycles. The number of hydrogen-bond donors (Lipinski definition) is 1. The average molecular weight is 211 g/mol. The maximum absolute atomic E-state index is 12.1. The molecule has 1 saturated heterocycles. The van der Waals surface area contributed by atoms with Gasteiger partial charge in [0.2, 0.25) is 0 Å². The minimum atomic E-state index is -4.82. The molecule has 0 aromatic rings. The minimum Gasteiger partial charge on any atom is -0.465 e. The first-order chi connectivity index (χ1) is 6.44. The summed E-state index contributed by atoms with van der Waals surface area (Å²) in [7, 11) is 1.21. The maximum atomic E-state index is 12.1. The van der Waals surface area contributed by atoms with Crippen molar-refractivity contribution in [3.8, 4) is 0 Å². The summed E-state index contributed by atoms with van der Waals surface area (Å²) < 4.78 is 40.9. The Morgan fingerprint density at radius 1 is 1.57 bits per heavy atom. The average Bonchev–Trinajstić information content (AvgIpc) is 2.48. The van der Waals surface area contributed by atoms with Crippen molar-refractivity contribution in [3.05, 3.63) is 0 Å². The van der Waals surface area contributed by atoms with Crippen LogP contribution in [0.1, 0.15) is 12.8 Å². The Hall–Kier alpha value is -0.715. The lowest BCUT2D eigenvalue weighted by Gasteiger charge is -2.24. The molecule has 0 bridgehead atoms. The molecule has 2 atom stereocenters. The molecule has 82 valence electrons. The molecule has 1 unspecified atom stereocenters. The fraction of sp³-hybridized carbons (Fsp3) is 0.857. The molecule has 7 heteroatoms. The third-order valence-corrected chi connectivity index (χ3v) is 2.46. The fourth-order valence-corrected chi connectivity index (χ4v) is 1.88. The Morgan fingerprint density at radius 2 is 2.21 bits per heavy atom. The highest BCUT2D eigenvalue weighted by Crippen LogP contribution is 2.07. The summed E-state index contributed by atoms with van der Waals surface area (Å²) in [6.45, 7) is -4.42. The number of likely N-dealkylation sites (tertiary alicyclic amines) is 1. The van der Waals surface area contributed by atoms with Gasteiger partial charge in [-0.15, -0.1) is 0 Å². The van der Waals surface area contributed by atoms with E-state index in [9.17, 15) is 17.7 Å². The summed E-state index contributed by atoms with van der Waals surface area (Å²) in [5.41, 5.74) is 0. The van der Waals surface area contributed by atoms with Crippen LogP contribution in [-0.2, 0) is 9.53 Å². The zero-order valence-electron chi connectivity index (χ0n) is 7.93. The highest BCUT2D eigenvalue weighted by atomic mass is 19.4. The lowest BCUT2D eigenvalue weighted by atomic mass is 9.91. The Bertz CT molecular complexity index is 221. The number of carbonyl (C=O) groups excluding carboxylic acids is 1. The van der Waals surface area contributed by atoms with Gasteiger partial charge in [-0.25, -0.2) is 4.79 Å². The Kier molecular flexibility index (Phi) is 3.41. The molecular formula is C7H13BF3NO2. The highest BCUT2D eigenvalue weighted by molar-refractivity contribution is 6.58. The maximum Gasteiger partial charge on any atom is 0.531 e. The number of hydrogen-bond acceptors (Lipinski definition) is 2. The summed E-state index contributed by atoms with van der Waals surface area (Å²) in [6, 6.07) is -0.622. The molecule has 0 spiro atoms. The standard InChI is InChI=1S/C7H12BF3NO2/c1-14-7(13)6-3-2-4-12(6)5-8(9,10)11/h6H,2-5H2,1H3/q-1/p+1/t6-/m0/s1. The van der Waals surface area contributed by atoms with E-state index in [0.29, 0.717) is 24.3 Å². The second kappa shape index (κ2) is 4.21. The molecule has 1 N–H and O–H groups in total. The van der Waals surface area contributed by atoms with Gasteiger partial charge in [-0.1, -0.05) is 0 Å². The summed E-state index contributed by atoms with van der Waals surface area (Å²) in [4.78, 5) is 11.4. The third kappa shape index (κ3) is 2.90. The van der Waals surface area contributed by atoms with E-state index in [1.807, 2.05) is 0 Å². The van der Waals surface area contributed by atoms with Gasteiger partial charge in [0.1, 0.15) is 0 Å². The smallest absolute Gasteiger partial charge is 0.465 e. The van der Waals surface area contributed by atoms with Gasteiger partial charge in [-0.2, -0.15) is 0 Å². The fourth-order valence-electron chi connectivity index (χ4n) is 1.88. The third-order valence-electron chi connectivity index (χ3n) is 2.46. The van der Waals surface area contributed by atoms with E-state index >= 15 is 0 Å². The van der Waals surface area contributed by atoms with E-state index in [1.165, 1.54) is 7.11 Å². The second-order valence-electron chi connectivity index (χ2n) is 3.54. The van der Waals surface area contributed by atoms with Gasteiger partial charge in [0.25, 0.3) is 0 Å². The van der Waals surface area contributed by atoms with Crippen LogP contribution in [0.4, 0.5) is 12.9 Å². The first-order valence-corrected chi connectivity index (χ1v) is 4.57. The van der Waals surface area contributed by atoms with Gasteiger partial charge in [-0.3, -0.25) is 0 Å². The SMILES string of the molecule is COC(=O)[C@@H]1CCC[NH+]1C[B-](F)(F)F. The number of ether oxygens (including phenoxy) is 1. The van der Waals surface area contributed by atoms with Crippen molar-refractivity contribution in [1.82, 2.24) is 0 Å². The second-order valence-corrected chi connectivity index (χ2v) is 3.54. The normalized spacial score (nSPS) is 27.7. The van der Waals surface area contributed by atoms with E-state index in [4.69, 9.17) is 0 Å². The number of rotatable bonds is 3. The van der Waals surface area contributed by atoms with E-state index in [1.54, 1.807) is 0 Å². The molecule has 0 aromatic carbocycles. The Morgan fingerprint density at radius 3 is 2.71 bits per heavy atom. The van der Waals surface area contributed by atoms with Gasteiger partial charge in [-0.05, 0) is 0 Å². The molecule has 1 rings (SSSR count). The molecule has 0 aromatic heterocycles. The van der Waals surface area contributed by atoms with Crippen molar-refractivity contribution in [1.29, 1.82) is 0 Å². The molecule has 0 amide bonds. The van der Waals surface area contributed by atoms with Crippen LogP contribution in [0.5, 0.6) is 0 Å². The predicted molar refractivity (Wildman–Crippen MR) is 44.8 cm³/mol. The first kappa shape index (κ1) is 11.4. The van der Waals surface area contributed by atoms with Crippen molar-refractivity contribution in [2.24, 2.45) is 0 Å². The van der Waals surface area contributed by atoms with Crippen molar-refractivity contribution in [2.75, 3.05) is 20.1 Å². The van der Waals surface area contributed by atoms with Crippen LogP contribution in [0.25, 0.3) is 0 Å². The summed E-state index contributed by atoms with van der Waals surface area (Å²) in [5.74, 6) is -0.530. The van der Waals surface area contributed by atoms with E-state index < -0.39 is 25.4 Å². The van der Waals surface area contributed by atoms with Crippen LogP contribution in [0, 0.1) is 0 Å². The van der Waals surface area contributed by atoms with E-state index in [-0.39, 0.29) is 0 Å². The molecule has 0 radical (unpaired) electrons. The lowest BCUT2D eigenvalue weighted by molar-refractivity contribution is -0.895. The van der Waals surface area contributed by atoms with Crippen LogP contribution in [-0.4, -0.2) is 39.1 Å².